The first kappa shape index (κ1) is 10.4. The summed E-state index contributed by atoms with van der Waals surface area (Å²) in [4.78, 5) is 10.6. The Morgan fingerprint density at radius 2 is 2.27 bits per heavy atom. The summed E-state index contributed by atoms with van der Waals surface area (Å²) in [6.45, 7) is 2.09. The van der Waals surface area contributed by atoms with Crippen molar-refractivity contribution in [3.63, 3.8) is 0 Å². The minimum Gasteiger partial charge on any atom is -0.469 e. The van der Waals surface area contributed by atoms with Crippen LogP contribution in [0.2, 0.25) is 0 Å². The number of esters is 1. The minimum absolute atomic E-state index is 0.117. The van der Waals surface area contributed by atoms with Gasteiger partial charge in [0.1, 0.15) is 0 Å². The van der Waals surface area contributed by atoms with Crippen LogP contribution in [-0.2, 0) is 9.53 Å². The van der Waals surface area contributed by atoms with Gasteiger partial charge in [-0.05, 0) is 26.8 Å². The molecule has 66 valence electrons. The SMILES string of the molecule is CNC(C)CCCC(=O)OC. The Bertz CT molecular complexity index is 115. The van der Waals surface area contributed by atoms with Gasteiger partial charge in [-0.15, -0.1) is 0 Å². The maximum atomic E-state index is 10.6. The predicted molar refractivity (Wildman–Crippen MR) is 44.4 cm³/mol. The van der Waals surface area contributed by atoms with E-state index in [0.29, 0.717) is 12.5 Å². The highest BCUT2D eigenvalue weighted by Gasteiger charge is 2.01. The van der Waals surface area contributed by atoms with Gasteiger partial charge in [-0.2, -0.15) is 0 Å². The van der Waals surface area contributed by atoms with E-state index in [9.17, 15) is 4.79 Å². The van der Waals surface area contributed by atoms with Crippen LogP contribution in [0.25, 0.3) is 0 Å². The summed E-state index contributed by atoms with van der Waals surface area (Å²) >= 11 is 0. The Labute approximate surface area is 68.1 Å². The molecule has 0 aromatic heterocycles. The number of carbonyl (C=O) groups is 1. The molecule has 1 N–H and O–H groups in total. The van der Waals surface area contributed by atoms with Crippen LogP contribution in [0.3, 0.4) is 0 Å². The van der Waals surface area contributed by atoms with Gasteiger partial charge in [0.15, 0.2) is 0 Å². The van der Waals surface area contributed by atoms with E-state index in [1.165, 1.54) is 7.11 Å². The van der Waals surface area contributed by atoms with Gasteiger partial charge in [0.2, 0.25) is 0 Å². The molecule has 1 unspecified atom stereocenters. The van der Waals surface area contributed by atoms with Gasteiger partial charge >= 0.3 is 5.97 Å². The number of ether oxygens (including phenoxy) is 1. The average Bonchev–Trinajstić information content (AvgIpc) is 2.04. The largest absolute Gasteiger partial charge is 0.469 e. The molecule has 0 rings (SSSR count). The Kier molecular flexibility index (Phi) is 5.84. The zero-order chi connectivity index (χ0) is 8.69. The standard InChI is InChI=1S/C8H17NO2/c1-7(9-2)5-4-6-8(10)11-3/h7,9H,4-6H2,1-3H3. The van der Waals surface area contributed by atoms with Crippen LogP contribution in [-0.4, -0.2) is 26.2 Å². The van der Waals surface area contributed by atoms with Gasteiger partial charge in [-0.1, -0.05) is 0 Å². The number of hydrogen-bond acceptors (Lipinski definition) is 3. The Morgan fingerprint density at radius 3 is 2.73 bits per heavy atom. The molecule has 0 aromatic carbocycles. The smallest absolute Gasteiger partial charge is 0.305 e. The van der Waals surface area contributed by atoms with Gasteiger partial charge in [0, 0.05) is 12.5 Å². The summed E-state index contributed by atoms with van der Waals surface area (Å²) in [6, 6.07) is 0.486. The summed E-state index contributed by atoms with van der Waals surface area (Å²) in [5, 5.41) is 3.10. The fourth-order valence-electron chi connectivity index (χ4n) is 0.799. The fourth-order valence-corrected chi connectivity index (χ4v) is 0.799. The third kappa shape index (κ3) is 5.85. The van der Waals surface area contributed by atoms with Crippen molar-refractivity contribution < 1.29 is 9.53 Å². The van der Waals surface area contributed by atoms with E-state index in [0.717, 1.165) is 12.8 Å². The van der Waals surface area contributed by atoms with Crippen LogP contribution >= 0.6 is 0 Å². The highest BCUT2D eigenvalue weighted by atomic mass is 16.5. The Morgan fingerprint density at radius 1 is 1.64 bits per heavy atom. The van der Waals surface area contributed by atoms with E-state index in [1.807, 2.05) is 7.05 Å². The lowest BCUT2D eigenvalue weighted by Gasteiger charge is -2.07. The molecule has 11 heavy (non-hydrogen) atoms. The molecule has 0 amide bonds. The van der Waals surface area contributed by atoms with Crippen molar-refractivity contribution in [1.82, 2.24) is 5.32 Å². The second-order valence-electron chi connectivity index (χ2n) is 2.66. The van der Waals surface area contributed by atoms with Crippen LogP contribution < -0.4 is 5.32 Å². The first-order valence-electron chi connectivity index (χ1n) is 3.94. The molecule has 0 spiro atoms. The lowest BCUT2D eigenvalue weighted by Crippen LogP contribution is -2.21. The van der Waals surface area contributed by atoms with Crippen LogP contribution in [0.1, 0.15) is 26.2 Å². The van der Waals surface area contributed by atoms with E-state index in [1.54, 1.807) is 0 Å². The average molecular weight is 159 g/mol. The van der Waals surface area contributed by atoms with Gasteiger partial charge < -0.3 is 10.1 Å². The molecule has 0 aliphatic rings. The third-order valence-corrected chi connectivity index (χ3v) is 1.74. The highest BCUT2D eigenvalue weighted by Crippen LogP contribution is 2.00. The zero-order valence-electron chi connectivity index (χ0n) is 7.52. The molecule has 0 aromatic rings. The molecule has 0 aliphatic heterocycles. The summed E-state index contributed by atoms with van der Waals surface area (Å²) in [5.41, 5.74) is 0. The predicted octanol–water partition coefficient (Wildman–Crippen LogP) is 0.938. The van der Waals surface area contributed by atoms with Crippen molar-refractivity contribution >= 4 is 5.97 Å². The first-order chi connectivity index (χ1) is 5.20. The lowest BCUT2D eigenvalue weighted by molar-refractivity contribution is -0.140. The van der Waals surface area contributed by atoms with E-state index < -0.39 is 0 Å². The molecule has 0 heterocycles. The van der Waals surface area contributed by atoms with Crippen LogP contribution in [0.4, 0.5) is 0 Å². The van der Waals surface area contributed by atoms with Crippen LogP contribution in [0, 0.1) is 0 Å². The zero-order valence-corrected chi connectivity index (χ0v) is 7.52. The molecule has 1 atom stereocenters. The van der Waals surface area contributed by atoms with Crippen molar-refractivity contribution in [2.45, 2.75) is 32.2 Å². The minimum atomic E-state index is -0.117. The molecule has 0 fully saturated rings. The normalized spacial score (nSPS) is 12.6. The maximum absolute atomic E-state index is 10.6. The molecule has 0 bridgehead atoms. The maximum Gasteiger partial charge on any atom is 0.305 e. The van der Waals surface area contributed by atoms with E-state index in [4.69, 9.17) is 0 Å². The van der Waals surface area contributed by atoms with Crippen LogP contribution in [0.5, 0.6) is 0 Å². The molecule has 3 nitrogen and oxygen atoms in total. The quantitative estimate of drug-likeness (QED) is 0.607. The molecule has 0 saturated carbocycles. The molecular weight excluding hydrogens is 142 g/mol. The molecular formula is C8H17NO2. The molecule has 0 radical (unpaired) electrons. The first-order valence-corrected chi connectivity index (χ1v) is 3.94. The topological polar surface area (TPSA) is 38.3 Å². The number of methoxy groups -OCH3 is 1. The second-order valence-corrected chi connectivity index (χ2v) is 2.66. The second kappa shape index (κ2) is 6.16. The van der Waals surface area contributed by atoms with E-state index in [2.05, 4.69) is 17.0 Å². The van der Waals surface area contributed by atoms with Gasteiger partial charge in [-0.25, -0.2) is 0 Å². The van der Waals surface area contributed by atoms with Crippen molar-refractivity contribution in [3.05, 3.63) is 0 Å². The van der Waals surface area contributed by atoms with Gasteiger partial charge in [0.05, 0.1) is 7.11 Å². The lowest BCUT2D eigenvalue weighted by atomic mass is 10.1. The number of hydrogen-bond donors (Lipinski definition) is 1. The molecule has 0 saturated heterocycles. The number of carbonyl (C=O) groups excluding carboxylic acids is 1. The summed E-state index contributed by atoms with van der Waals surface area (Å²) in [5.74, 6) is -0.117. The van der Waals surface area contributed by atoms with Crippen molar-refractivity contribution in [1.29, 1.82) is 0 Å². The van der Waals surface area contributed by atoms with Gasteiger partial charge in [-0.3, -0.25) is 4.79 Å². The third-order valence-electron chi connectivity index (χ3n) is 1.74. The Balaban J connectivity index is 3.20. The number of rotatable bonds is 5. The molecule has 0 aliphatic carbocycles. The van der Waals surface area contributed by atoms with Crippen molar-refractivity contribution in [3.8, 4) is 0 Å². The van der Waals surface area contributed by atoms with E-state index >= 15 is 0 Å². The van der Waals surface area contributed by atoms with E-state index in [-0.39, 0.29) is 5.97 Å². The monoisotopic (exact) mass is 159 g/mol. The Hall–Kier alpha value is -0.570. The van der Waals surface area contributed by atoms with Gasteiger partial charge in [0.25, 0.3) is 0 Å². The summed E-state index contributed by atoms with van der Waals surface area (Å²) in [6.07, 6.45) is 2.45. The molecule has 3 heteroatoms. The highest BCUT2D eigenvalue weighted by molar-refractivity contribution is 5.68. The van der Waals surface area contributed by atoms with Crippen molar-refractivity contribution in [2.24, 2.45) is 0 Å². The van der Waals surface area contributed by atoms with Crippen molar-refractivity contribution in [2.75, 3.05) is 14.2 Å². The summed E-state index contributed by atoms with van der Waals surface area (Å²) in [7, 11) is 3.34. The number of nitrogens with one attached hydrogen (secondary N) is 1. The fraction of sp³-hybridized carbons (Fsp3) is 0.875. The summed E-state index contributed by atoms with van der Waals surface area (Å²) < 4.78 is 4.51. The van der Waals surface area contributed by atoms with Crippen LogP contribution in [0.15, 0.2) is 0 Å².